The summed E-state index contributed by atoms with van der Waals surface area (Å²) < 4.78 is 1.96. The van der Waals surface area contributed by atoms with Gasteiger partial charge in [-0.3, -0.25) is 4.79 Å². The van der Waals surface area contributed by atoms with Crippen LogP contribution in [0.3, 0.4) is 0 Å². The normalized spacial score (nSPS) is 19.3. The molecule has 132 valence electrons. The van der Waals surface area contributed by atoms with Crippen molar-refractivity contribution < 1.29 is 4.79 Å². The van der Waals surface area contributed by atoms with Crippen molar-refractivity contribution in [3.63, 3.8) is 0 Å². The molecule has 1 fully saturated rings. The van der Waals surface area contributed by atoms with E-state index in [4.69, 9.17) is 5.73 Å². The van der Waals surface area contributed by atoms with Gasteiger partial charge >= 0.3 is 0 Å². The number of likely N-dealkylation sites (tertiary alicyclic amines) is 1. The highest BCUT2D eigenvalue weighted by Gasteiger charge is 2.27. The predicted octanol–water partition coefficient (Wildman–Crippen LogP) is 1.64. The van der Waals surface area contributed by atoms with E-state index in [2.05, 4.69) is 10.1 Å². The van der Waals surface area contributed by atoms with Crippen LogP contribution in [0.1, 0.15) is 30.9 Å². The molecule has 23 heavy (non-hydrogen) atoms. The number of carbonyl (C=O) groups is 1. The van der Waals surface area contributed by atoms with Gasteiger partial charge in [-0.05, 0) is 51.0 Å². The molecule has 2 N–H and O–H groups in total. The molecule has 8 heteroatoms. The third-order valence-corrected chi connectivity index (χ3v) is 4.82. The second-order valence-corrected chi connectivity index (χ2v) is 7.05. The first-order valence-electron chi connectivity index (χ1n) is 7.92. The Morgan fingerprint density at radius 2 is 2.22 bits per heavy atom. The molecule has 0 bridgehead atoms. The fourth-order valence-corrected chi connectivity index (χ4v) is 3.49. The van der Waals surface area contributed by atoms with Crippen LogP contribution in [0.4, 0.5) is 0 Å². The summed E-state index contributed by atoms with van der Waals surface area (Å²) in [4.78, 5) is 18.7. The molecule has 1 aliphatic heterocycles. The summed E-state index contributed by atoms with van der Waals surface area (Å²) in [5.74, 6) is 3.22. The van der Waals surface area contributed by atoms with Crippen molar-refractivity contribution in [2.24, 2.45) is 11.7 Å². The van der Waals surface area contributed by atoms with Crippen LogP contribution in [0, 0.1) is 19.8 Å². The molecular weight excluding hydrogens is 334 g/mol. The molecule has 1 aromatic rings. The molecule has 1 aliphatic rings. The number of nitrogens with two attached hydrogens (primary N) is 1. The van der Waals surface area contributed by atoms with Crippen LogP contribution in [0.2, 0.25) is 0 Å². The first-order valence-corrected chi connectivity index (χ1v) is 9.32. The van der Waals surface area contributed by atoms with E-state index in [0.29, 0.717) is 5.92 Å². The van der Waals surface area contributed by atoms with Crippen molar-refractivity contribution in [1.82, 2.24) is 19.7 Å². The van der Waals surface area contributed by atoms with Crippen LogP contribution < -0.4 is 5.73 Å². The van der Waals surface area contributed by atoms with Crippen LogP contribution in [0.15, 0.2) is 0 Å². The second-order valence-electron chi connectivity index (χ2n) is 6.07. The van der Waals surface area contributed by atoms with E-state index < -0.39 is 0 Å². The molecule has 1 saturated heterocycles. The van der Waals surface area contributed by atoms with Gasteiger partial charge in [-0.15, -0.1) is 12.4 Å². The van der Waals surface area contributed by atoms with Gasteiger partial charge in [0.2, 0.25) is 5.91 Å². The molecule has 0 saturated carbocycles. The summed E-state index contributed by atoms with van der Waals surface area (Å²) in [5.41, 5.74) is 6.03. The molecule has 1 aromatic heterocycles. The standard InChI is InChI=1S/C15H27N5OS.ClH/c1-11-17-12(2)20(18-11)10-13-5-4-7-19(9-13)15(21)14(16)6-8-22-3;/h13-14H,4-10,16H2,1-3H3;1H/t13?,14-;/m0./s1. The molecule has 1 amide bonds. The van der Waals surface area contributed by atoms with Gasteiger partial charge in [0, 0.05) is 19.6 Å². The van der Waals surface area contributed by atoms with Crippen molar-refractivity contribution in [2.45, 2.75) is 45.7 Å². The Kier molecular flexibility index (Phi) is 8.36. The van der Waals surface area contributed by atoms with E-state index >= 15 is 0 Å². The lowest BCUT2D eigenvalue weighted by molar-refractivity contribution is -0.134. The quantitative estimate of drug-likeness (QED) is 0.833. The van der Waals surface area contributed by atoms with Crippen LogP contribution in [-0.4, -0.2) is 56.7 Å². The zero-order valence-electron chi connectivity index (χ0n) is 14.2. The minimum atomic E-state index is -0.360. The van der Waals surface area contributed by atoms with E-state index in [9.17, 15) is 4.79 Å². The Morgan fingerprint density at radius 3 is 2.83 bits per heavy atom. The Morgan fingerprint density at radius 1 is 1.48 bits per heavy atom. The summed E-state index contributed by atoms with van der Waals surface area (Å²) >= 11 is 1.73. The van der Waals surface area contributed by atoms with Gasteiger partial charge in [0.1, 0.15) is 11.6 Å². The molecule has 0 radical (unpaired) electrons. The average Bonchev–Trinajstić information content (AvgIpc) is 2.82. The zero-order valence-corrected chi connectivity index (χ0v) is 15.8. The molecule has 1 unspecified atom stereocenters. The third kappa shape index (κ3) is 5.65. The zero-order chi connectivity index (χ0) is 16.1. The summed E-state index contributed by atoms with van der Waals surface area (Å²) in [5, 5.41) is 4.42. The number of thioether (sulfide) groups is 1. The Balaban J connectivity index is 0.00000264. The lowest BCUT2D eigenvalue weighted by atomic mass is 9.97. The predicted molar refractivity (Wildman–Crippen MR) is 97.0 cm³/mol. The Hall–Kier alpha value is -0.790. The average molecular weight is 362 g/mol. The summed E-state index contributed by atoms with van der Waals surface area (Å²) in [7, 11) is 0. The van der Waals surface area contributed by atoms with Crippen LogP contribution >= 0.6 is 24.2 Å². The smallest absolute Gasteiger partial charge is 0.239 e. The van der Waals surface area contributed by atoms with Gasteiger partial charge in [-0.25, -0.2) is 9.67 Å². The van der Waals surface area contributed by atoms with Gasteiger partial charge in [0.15, 0.2) is 0 Å². The molecule has 2 heterocycles. The molecule has 2 rings (SSSR count). The molecule has 2 atom stereocenters. The van der Waals surface area contributed by atoms with Crippen molar-refractivity contribution in [3.8, 4) is 0 Å². The van der Waals surface area contributed by atoms with Gasteiger partial charge in [-0.1, -0.05) is 0 Å². The first kappa shape index (κ1) is 20.3. The maximum Gasteiger partial charge on any atom is 0.239 e. The van der Waals surface area contributed by atoms with Crippen LogP contribution in [0.5, 0.6) is 0 Å². The number of rotatable bonds is 6. The summed E-state index contributed by atoms with van der Waals surface area (Å²) in [6.45, 7) is 6.33. The third-order valence-electron chi connectivity index (χ3n) is 4.17. The molecular formula is C15H28ClN5OS. The maximum atomic E-state index is 12.4. The summed E-state index contributed by atoms with van der Waals surface area (Å²) in [6, 6.07) is -0.360. The fourth-order valence-electron chi connectivity index (χ4n) is 3.00. The van der Waals surface area contributed by atoms with E-state index in [-0.39, 0.29) is 24.4 Å². The highest BCUT2D eigenvalue weighted by atomic mass is 35.5. The topological polar surface area (TPSA) is 77.0 Å². The molecule has 6 nitrogen and oxygen atoms in total. The van der Waals surface area contributed by atoms with Gasteiger partial charge in [-0.2, -0.15) is 16.9 Å². The monoisotopic (exact) mass is 361 g/mol. The van der Waals surface area contributed by atoms with Crippen LogP contribution in [0.25, 0.3) is 0 Å². The summed E-state index contributed by atoms with van der Waals surface area (Å²) in [6.07, 6.45) is 4.96. The highest BCUT2D eigenvalue weighted by Crippen LogP contribution is 2.19. The number of amides is 1. The number of hydrogen-bond donors (Lipinski definition) is 1. The van der Waals surface area contributed by atoms with E-state index in [1.54, 1.807) is 11.8 Å². The van der Waals surface area contributed by atoms with E-state index in [0.717, 1.165) is 56.3 Å². The maximum absolute atomic E-state index is 12.4. The lowest BCUT2D eigenvalue weighted by Crippen LogP contribution is -2.48. The van der Waals surface area contributed by atoms with E-state index in [1.807, 2.05) is 29.7 Å². The van der Waals surface area contributed by atoms with Crippen molar-refractivity contribution in [2.75, 3.05) is 25.1 Å². The number of piperidine rings is 1. The van der Waals surface area contributed by atoms with Gasteiger partial charge < -0.3 is 10.6 Å². The molecule has 0 spiro atoms. The van der Waals surface area contributed by atoms with E-state index in [1.165, 1.54) is 0 Å². The molecule has 0 aliphatic carbocycles. The first-order chi connectivity index (χ1) is 10.5. The lowest BCUT2D eigenvalue weighted by Gasteiger charge is -2.34. The number of nitrogens with zero attached hydrogens (tertiary/aromatic N) is 4. The fraction of sp³-hybridized carbons (Fsp3) is 0.800. The van der Waals surface area contributed by atoms with Gasteiger partial charge in [0.05, 0.1) is 6.04 Å². The molecule has 0 aromatic carbocycles. The Bertz CT molecular complexity index is 510. The number of aryl methyl sites for hydroxylation is 2. The number of halogens is 1. The minimum Gasteiger partial charge on any atom is -0.341 e. The SMILES string of the molecule is CSCC[C@H](N)C(=O)N1CCCC(Cn2nc(C)nc2C)C1.Cl. The minimum absolute atomic E-state index is 0. The highest BCUT2D eigenvalue weighted by molar-refractivity contribution is 7.98. The largest absolute Gasteiger partial charge is 0.341 e. The van der Waals surface area contributed by atoms with Crippen molar-refractivity contribution in [1.29, 1.82) is 0 Å². The number of carbonyl (C=O) groups excluding carboxylic acids is 1. The van der Waals surface area contributed by atoms with Gasteiger partial charge in [0.25, 0.3) is 0 Å². The number of hydrogen-bond acceptors (Lipinski definition) is 5. The van der Waals surface area contributed by atoms with Crippen molar-refractivity contribution >= 4 is 30.1 Å². The number of aromatic nitrogens is 3. The van der Waals surface area contributed by atoms with Crippen LogP contribution in [-0.2, 0) is 11.3 Å². The second kappa shape index (κ2) is 9.49. The Labute approximate surface area is 149 Å². The van der Waals surface area contributed by atoms with Crippen molar-refractivity contribution in [3.05, 3.63) is 11.6 Å².